The van der Waals surface area contributed by atoms with Crippen molar-refractivity contribution in [2.24, 2.45) is 4.99 Å². The Bertz CT molecular complexity index is 2210. The first kappa shape index (κ1) is 36.1. The Labute approximate surface area is 302 Å². The number of rotatable bonds is 13. The van der Waals surface area contributed by atoms with Gasteiger partial charge in [0.25, 0.3) is 5.88 Å². The average molecular weight is 723 g/mol. The summed E-state index contributed by atoms with van der Waals surface area (Å²) in [6, 6.07) is 23.6. The van der Waals surface area contributed by atoms with Crippen LogP contribution in [0.5, 0.6) is 17.5 Å². The summed E-state index contributed by atoms with van der Waals surface area (Å²) >= 11 is 0. The lowest BCUT2D eigenvalue weighted by atomic mass is 10.0. The molecule has 0 spiro atoms. The lowest BCUT2D eigenvalue weighted by Gasteiger charge is -2.12. The molecule has 0 aliphatic rings. The van der Waals surface area contributed by atoms with Crippen LogP contribution in [0.3, 0.4) is 0 Å². The zero-order valence-corrected chi connectivity index (χ0v) is 28.6. The van der Waals surface area contributed by atoms with Gasteiger partial charge in [0.1, 0.15) is 36.4 Å². The number of aliphatic imine (C=N–C) groups is 1. The van der Waals surface area contributed by atoms with Crippen molar-refractivity contribution >= 4 is 11.7 Å². The normalized spacial score (nSPS) is 11.2. The Morgan fingerprint density at radius 2 is 1.62 bits per heavy atom. The van der Waals surface area contributed by atoms with Crippen LogP contribution in [0.15, 0.2) is 113 Å². The zero-order chi connectivity index (χ0) is 37.2. The fraction of sp³-hybridized carbons (Fsp3) is 0.154. The SMILES string of the molecule is COc1ccc(COc2cc(C(=NCc3cccnc3)NNC(=O)Cc3cc(F)c(-c4cccc(OCc5ccc(C)cc5F)n4)cc3F)on2)cc1. The van der Waals surface area contributed by atoms with Gasteiger partial charge < -0.3 is 18.7 Å². The van der Waals surface area contributed by atoms with Gasteiger partial charge in [0.05, 0.1) is 31.8 Å². The number of nitrogens with one attached hydrogen (secondary N) is 2. The van der Waals surface area contributed by atoms with E-state index in [0.29, 0.717) is 11.3 Å². The minimum absolute atomic E-state index is 0.0919. The largest absolute Gasteiger partial charge is 0.497 e. The lowest BCUT2D eigenvalue weighted by Crippen LogP contribution is -2.43. The number of carbonyl (C=O) groups is 1. The summed E-state index contributed by atoms with van der Waals surface area (Å²) in [6.07, 6.45) is 2.75. The Morgan fingerprint density at radius 1 is 0.811 bits per heavy atom. The van der Waals surface area contributed by atoms with Gasteiger partial charge >= 0.3 is 0 Å². The molecule has 1 amide bonds. The molecule has 3 aromatic heterocycles. The van der Waals surface area contributed by atoms with Crippen molar-refractivity contribution in [3.05, 3.63) is 154 Å². The van der Waals surface area contributed by atoms with Crippen molar-refractivity contribution in [3.63, 3.8) is 0 Å². The Balaban J connectivity index is 1.10. The molecule has 3 heterocycles. The molecule has 0 bridgehead atoms. The van der Waals surface area contributed by atoms with Gasteiger partial charge in [0.2, 0.25) is 17.5 Å². The van der Waals surface area contributed by atoms with E-state index < -0.39 is 29.8 Å². The number of methoxy groups -OCH3 is 1. The standard InChI is InChI=1S/C39H33F3N6O5/c1-24-8-11-27(31(40)15-24)23-52-37-7-3-6-34(45-37)30-18-32(41)28(16-33(30)42)17-36(49)46-47-39(44-21-26-5-4-14-43-20-26)35-19-38(48-53-35)51-22-25-9-12-29(50-2)13-10-25/h3-16,18-20H,17,21-23H2,1-2H3,(H,44,47)(H,46,49). The molecule has 270 valence electrons. The van der Waals surface area contributed by atoms with Gasteiger partial charge in [-0.1, -0.05) is 36.4 Å². The number of nitrogens with zero attached hydrogens (tertiary/aromatic N) is 4. The molecule has 0 saturated carbocycles. The first-order chi connectivity index (χ1) is 25.7. The molecule has 3 aromatic carbocycles. The van der Waals surface area contributed by atoms with Gasteiger partial charge in [-0.2, -0.15) is 0 Å². The van der Waals surface area contributed by atoms with E-state index in [1.54, 1.807) is 50.7 Å². The first-order valence-corrected chi connectivity index (χ1v) is 16.3. The monoisotopic (exact) mass is 722 g/mol. The number of aryl methyl sites for hydroxylation is 1. The highest BCUT2D eigenvalue weighted by atomic mass is 19.1. The van der Waals surface area contributed by atoms with Crippen LogP contribution in [-0.4, -0.2) is 34.0 Å². The predicted molar refractivity (Wildman–Crippen MR) is 188 cm³/mol. The molecule has 0 atom stereocenters. The van der Waals surface area contributed by atoms with Crippen molar-refractivity contribution in [2.45, 2.75) is 33.1 Å². The quantitative estimate of drug-likeness (QED) is 0.0748. The van der Waals surface area contributed by atoms with Crippen LogP contribution in [-0.2, 0) is 31.0 Å². The van der Waals surface area contributed by atoms with E-state index in [9.17, 15) is 9.18 Å². The van der Waals surface area contributed by atoms with Crippen molar-refractivity contribution < 1.29 is 36.7 Å². The molecule has 53 heavy (non-hydrogen) atoms. The zero-order valence-electron chi connectivity index (χ0n) is 28.6. The fourth-order valence-electron chi connectivity index (χ4n) is 4.99. The van der Waals surface area contributed by atoms with Gasteiger partial charge in [0, 0.05) is 35.2 Å². The number of amidine groups is 1. The summed E-state index contributed by atoms with van der Waals surface area (Å²) in [5, 5.41) is 3.94. The molecule has 0 saturated heterocycles. The second kappa shape index (κ2) is 17.0. The highest BCUT2D eigenvalue weighted by Gasteiger charge is 2.18. The molecule has 0 aliphatic heterocycles. The van der Waals surface area contributed by atoms with E-state index in [1.807, 2.05) is 30.3 Å². The number of benzene rings is 3. The molecule has 0 aliphatic carbocycles. The van der Waals surface area contributed by atoms with Crippen molar-refractivity contribution in [3.8, 4) is 28.8 Å². The first-order valence-electron chi connectivity index (χ1n) is 16.3. The van der Waals surface area contributed by atoms with Crippen LogP contribution in [0, 0.1) is 24.4 Å². The second-order valence-corrected chi connectivity index (χ2v) is 11.7. The fourth-order valence-corrected chi connectivity index (χ4v) is 4.99. The second-order valence-electron chi connectivity index (χ2n) is 11.7. The van der Waals surface area contributed by atoms with Crippen molar-refractivity contribution in [1.29, 1.82) is 0 Å². The Kier molecular flexibility index (Phi) is 11.6. The molecular formula is C39H33F3N6O5. The number of amides is 1. The van der Waals surface area contributed by atoms with Crippen LogP contribution in [0.2, 0.25) is 0 Å². The van der Waals surface area contributed by atoms with Gasteiger partial charge in [-0.3, -0.25) is 25.6 Å². The number of pyridine rings is 2. The van der Waals surface area contributed by atoms with E-state index in [-0.39, 0.29) is 59.9 Å². The molecule has 6 aromatic rings. The Hall–Kier alpha value is -6.70. The third-order valence-corrected chi connectivity index (χ3v) is 7.80. The van der Waals surface area contributed by atoms with Gasteiger partial charge in [0.15, 0.2) is 5.84 Å². The van der Waals surface area contributed by atoms with Crippen LogP contribution in [0.1, 0.15) is 33.6 Å². The molecule has 6 rings (SSSR count). The minimum Gasteiger partial charge on any atom is -0.497 e. The molecular weight excluding hydrogens is 689 g/mol. The molecule has 0 fully saturated rings. The summed E-state index contributed by atoms with van der Waals surface area (Å²) in [4.78, 5) is 25.8. The van der Waals surface area contributed by atoms with E-state index in [2.05, 4.69) is 31.0 Å². The molecule has 11 nitrogen and oxygen atoms in total. The number of hydrazine groups is 1. The average Bonchev–Trinajstić information content (AvgIpc) is 3.64. The maximum atomic E-state index is 15.3. The van der Waals surface area contributed by atoms with Crippen LogP contribution >= 0.6 is 0 Å². The number of hydrogen-bond donors (Lipinski definition) is 2. The predicted octanol–water partition coefficient (Wildman–Crippen LogP) is 6.83. The topological polar surface area (TPSA) is 133 Å². The van der Waals surface area contributed by atoms with Crippen LogP contribution < -0.4 is 25.1 Å². The van der Waals surface area contributed by atoms with Crippen molar-refractivity contribution in [2.75, 3.05) is 7.11 Å². The molecule has 14 heteroatoms. The molecule has 2 N–H and O–H groups in total. The van der Waals surface area contributed by atoms with Gasteiger partial charge in [-0.15, -0.1) is 0 Å². The molecule has 0 unspecified atom stereocenters. The van der Waals surface area contributed by atoms with E-state index in [1.165, 1.54) is 24.3 Å². The summed E-state index contributed by atoms with van der Waals surface area (Å²) < 4.78 is 66.8. The van der Waals surface area contributed by atoms with E-state index in [4.69, 9.17) is 18.7 Å². The third kappa shape index (κ3) is 9.76. The highest BCUT2D eigenvalue weighted by molar-refractivity contribution is 5.97. The summed E-state index contributed by atoms with van der Waals surface area (Å²) in [5.74, 6) is -1.54. The van der Waals surface area contributed by atoms with E-state index >= 15 is 8.78 Å². The minimum atomic E-state index is -0.828. The lowest BCUT2D eigenvalue weighted by molar-refractivity contribution is -0.121. The summed E-state index contributed by atoms with van der Waals surface area (Å²) in [7, 11) is 1.58. The number of ether oxygens (including phenoxy) is 3. The van der Waals surface area contributed by atoms with Crippen LogP contribution in [0.25, 0.3) is 11.3 Å². The highest BCUT2D eigenvalue weighted by Crippen LogP contribution is 2.27. The van der Waals surface area contributed by atoms with Gasteiger partial charge in [-0.25, -0.2) is 18.2 Å². The van der Waals surface area contributed by atoms with E-state index in [0.717, 1.165) is 28.8 Å². The smallest absolute Gasteiger partial charge is 0.255 e. The summed E-state index contributed by atoms with van der Waals surface area (Å²) in [6.45, 7) is 2.04. The maximum Gasteiger partial charge on any atom is 0.255 e. The number of aromatic nitrogens is 3. The van der Waals surface area contributed by atoms with Crippen molar-refractivity contribution in [1.82, 2.24) is 26.0 Å². The summed E-state index contributed by atoms with van der Waals surface area (Å²) in [5.41, 5.74) is 7.64. The Morgan fingerprint density at radius 3 is 2.40 bits per heavy atom. The van der Waals surface area contributed by atoms with Gasteiger partial charge in [-0.05, 0) is 71.2 Å². The van der Waals surface area contributed by atoms with Crippen LogP contribution in [0.4, 0.5) is 13.2 Å². The third-order valence-electron chi connectivity index (χ3n) is 7.80. The number of carbonyl (C=O) groups excluding carboxylic acids is 1. The number of halogens is 3. The maximum absolute atomic E-state index is 15.3. The molecule has 0 radical (unpaired) electrons. The number of hydrogen-bond acceptors (Lipinski definition) is 9.